The lowest BCUT2D eigenvalue weighted by molar-refractivity contribution is 0.0947. The summed E-state index contributed by atoms with van der Waals surface area (Å²) in [6.45, 7) is 5.27. The van der Waals surface area contributed by atoms with Crippen LogP contribution in [0.2, 0.25) is 5.02 Å². The van der Waals surface area contributed by atoms with Crippen LogP contribution in [-0.4, -0.2) is 19.1 Å². The Hall–Kier alpha value is -2.98. The third-order valence-corrected chi connectivity index (χ3v) is 4.81. The van der Waals surface area contributed by atoms with Crippen molar-refractivity contribution in [2.45, 2.75) is 20.5 Å². The zero-order valence-corrected chi connectivity index (χ0v) is 17.3. The van der Waals surface area contributed by atoms with Crippen molar-refractivity contribution in [1.29, 1.82) is 0 Å². The maximum Gasteiger partial charge on any atom is 0.251 e. The van der Waals surface area contributed by atoms with Crippen LogP contribution in [0, 0.1) is 13.8 Å². The van der Waals surface area contributed by atoms with Gasteiger partial charge in [0.2, 0.25) is 0 Å². The van der Waals surface area contributed by atoms with Gasteiger partial charge in [-0.3, -0.25) is 4.79 Å². The highest BCUT2D eigenvalue weighted by atomic mass is 35.5. The molecular formula is C24H24ClNO3. The Morgan fingerprint density at radius 3 is 2.45 bits per heavy atom. The third-order valence-electron chi connectivity index (χ3n) is 4.44. The molecule has 0 aliphatic carbocycles. The van der Waals surface area contributed by atoms with Gasteiger partial charge in [-0.05, 0) is 55.8 Å². The largest absolute Gasteiger partial charge is 0.491 e. The maximum atomic E-state index is 12.3. The van der Waals surface area contributed by atoms with Crippen molar-refractivity contribution in [3.63, 3.8) is 0 Å². The lowest BCUT2D eigenvalue weighted by atomic mass is 10.1. The topological polar surface area (TPSA) is 47.6 Å². The molecule has 3 aromatic carbocycles. The highest BCUT2D eigenvalue weighted by Gasteiger charge is 2.07. The quantitative estimate of drug-likeness (QED) is 0.510. The van der Waals surface area contributed by atoms with Gasteiger partial charge in [0.05, 0.1) is 6.54 Å². The second kappa shape index (κ2) is 9.99. The number of rotatable bonds is 8. The Bertz CT molecular complexity index is 970. The number of halogens is 1. The van der Waals surface area contributed by atoms with E-state index in [2.05, 4.69) is 11.4 Å². The van der Waals surface area contributed by atoms with Gasteiger partial charge in [0, 0.05) is 16.1 Å². The first-order chi connectivity index (χ1) is 14.0. The van der Waals surface area contributed by atoms with Crippen LogP contribution in [0.1, 0.15) is 27.0 Å². The molecule has 0 atom stereocenters. The number of hydrogen-bond donors (Lipinski definition) is 1. The second-order valence-corrected chi connectivity index (χ2v) is 7.18. The monoisotopic (exact) mass is 409 g/mol. The normalized spacial score (nSPS) is 10.4. The molecule has 1 amide bonds. The molecule has 0 radical (unpaired) electrons. The fourth-order valence-corrected chi connectivity index (χ4v) is 3.06. The molecule has 0 saturated carbocycles. The number of nitrogens with one attached hydrogen (secondary N) is 1. The van der Waals surface area contributed by atoms with E-state index in [4.69, 9.17) is 21.1 Å². The maximum absolute atomic E-state index is 12.3. The fraction of sp³-hybridized carbons (Fsp3) is 0.208. The molecule has 0 unspecified atom stereocenters. The predicted molar refractivity (Wildman–Crippen MR) is 116 cm³/mol. The highest BCUT2D eigenvalue weighted by molar-refractivity contribution is 6.31. The molecule has 5 heteroatoms. The van der Waals surface area contributed by atoms with Crippen LogP contribution in [0.3, 0.4) is 0 Å². The molecule has 0 spiro atoms. The van der Waals surface area contributed by atoms with E-state index in [9.17, 15) is 4.79 Å². The Labute approximate surface area is 176 Å². The summed E-state index contributed by atoms with van der Waals surface area (Å²) in [5.41, 5.74) is 3.77. The molecule has 0 bridgehead atoms. The molecule has 0 aliphatic heterocycles. The molecule has 0 saturated heterocycles. The SMILES string of the molecule is Cc1ccc(OCCNC(=O)c2ccc(OCc3ccccc3Cl)cc2)c(C)c1. The number of carbonyl (C=O) groups excluding carboxylic acids is 1. The smallest absolute Gasteiger partial charge is 0.251 e. The van der Waals surface area contributed by atoms with Crippen LogP contribution in [0.5, 0.6) is 11.5 Å². The lowest BCUT2D eigenvalue weighted by Crippen LogP contribution is -2.28. The molecule has 0 fully saturated rings. The van der Waals surface area contributed by atoms with Gasteiger partial charge in [-0.2, -0.15) is 0 Å². The summed E-state index contributed by atoms with van der Waals surface area (Å²) in [6.07, 6.45) is 0. The van der Waals surface area contributed by atoms with Gasteiger partial charge in [-0.25, -0.2) is 0 Å². The molecule has 3 aromatic rings. The van der Waals surface area contributed by atoms with Gasteiger partial charge in [-0.1, -0.05) is 47.5 Å². The molecule has 0 aromatic heterocycles. The highest BCUT2D eigenvalue weighted by Crippen LogP contribution is 2.20. The van der Waals surface area contributed by atoms with Crippen LogP contribution in [0.25, 0.3) is 0 Å². The van der Waals surface area contributed by atoms with Crippen LogP contribution in [-0.2, 0) is 6.61 Å². The van der Waals surface area contributed by atoms with Gasteiger partial charge in [0.15, 0.2) is 0 Å². The average Bonchev–Trinajstić information content (AvgIpc) is 2.72. The van der Waals surface area contributed by atoms with Gasteiger partial charge >= 0.3 is 0 Å². The van der Waals surface area contributed by atoms with Crippen LogP contribution in [0.4, 0.5) is 0 Å². The van der Waals surface area contributed by atoms with E-state index < -0.39 is 0 Å². The number of aryl methyl sites for hydroxylation is 2. The summed E-state index contributed by atoms with van der Waals surface area (Å²) in [5, 5.41) is 3.54. The lowest BCUT2D eigenvalue weighted by Gasteiger charge is -2.11. The second-order valence-electron chi connectivity index (χ2n) is 6.78. The fourth-order valence-electron chi connectivity index (χ4n) is 2.87. The molecule has 4 nitrogen and oxygen atoms in total. The van der Waals surface area contributed by atoms with E-state index in [0.29, 0.717) is 36.1 Å². The van der Waals surface area contributed by atoms with Crippen LogP contribution in [0.15, 0.2) is 66.7 Å². The number of amides is 1. The zero-order chi connectivity index (χ0) is 20.6. The predicted octanol–water partition coefficient (Wildman–Crippen LogP) is 5.34. The van der Waals surface area contributed by atoms with Gasteiger partial charge in [-0.15, -0.1) is 0 Å². The first-order valence-corrected chi connectivity index (χ1v) is 9.85. The number of hydrogen-bond acceptors (Lipinski definition) is 3. The molecule has 150 valence electrons. The molecule has 1 N–H and O–H groups in total. The van der Waals surface area contributed by atoms with Gasteiger partial charge in [0.1, 0.15) is 24.7 Å². The van der Waals surface area contributed by atoms with Crippen LogP contribution < -0.4 is 14.8 Å². The Morgan fingerprint density at radius 1 is 0.966 bits per heavy atom. The molecular weight excluding hydrogens is 386 g/mol. The Morgan fingerprint density at radius 2 is 1.72 bits per heavy atom. The minimum atomic E-state index is -0.146. The summed E-state index contributed by atoms with van der Waals surface area (Å²) >= 11 is 6.13. The van der Waals surface area contributed by atoms with Crippen molar-refractivity contribution in [3.8, 4) is 11.5 Å². The molecule has 0 aliphatic rings. The zero-order valence-electron chi connectivity index (χ0n) is 16.6. The van der Waals surface area contributed by atoms with E-state index in [-0.39, 0.29) is 5.91 Å². The van der Waals surface area contributed by atoms with E-state index in [1.165, 1.54) is 5.56 Å². The van der Waals surface area contributed by atoms with Crippen molar-refractivity contribution >= 4 is 17.5 Å². The van der Waals surface area contributed by atoms with E-state index in [0.717, 1.165) is 16.9 Å². The Kier molecular flexibility index (Phi) is 7.14. The van der Waals surface area contributed by atoms with Crippen molar-refractivity contribution in [1.82, 2.24) is 5.32 Å². The molecule has 3 rings (SSSR count). The first kappa shape index (κ1) is 20.7. The van der Waals surface area contributed by atoms with Crippen molar-refractivity contribution in [2.24, 2.45) is 0 Å². The minimum Gasteiger partial charge on any atom is -0.491 e. The number of ether oxygens (including phenoxy) is 2. The summed E-state index contributed by atoms with van der Waals surface area (Å²) < 4.78 is 11.5. The average molecular weight is 410 g/mol. The third kappa shape index (κ3) is 6.00. The minimum absolute atomic E-state index is 0.146. The van der Waals surface area contributed by atoms with Crippen molar-refractivity contribution in [2.75, 3.05) is 13.2 Å². The first-order valence-electron chi connectivity index (χ1n) is 9.47. The Balaban J connectivity index is 1.44. The van der Waals surface area contributed by atoms with E-state index in [1.807, 2.05) is 50.2 Å². The van der Waals surface area contributed by atoms with Gasteiger partial charge in [0.25, 0.3) is 5.91 Å². The standard InChI is InChI=1S/C24H24ClNO3/c1-17-7-12-23(18(2)15-17)28-14-13-26-24(27)19-8-10-21(11-9-19)29-16-20-5-3-4-6-22(20)25/h3-12,15H,13-14,16H2,1-2H3,(H,26,27). The summed E-state index contributed by atoms with van der Waals surface area (Å²) in [4.78, 5) is 12.3. The molecule has 0 heterocycles. The summed E-state index contributed by atoms with van der Waals surface area (Å²) in [7, 11) is 0. The van der Waals surface area contributed by atoms with Crippen molar-refractivity contribution in [3.05, 3.63) is 94.0 Å². The number of benzene rings is 3. The summed E-state index contributed by atoms with van der Waals surface area (Å²) in [5.74, 6) is 1.37. The number of carbonyl (C=O) groups is 1. The van der Waals surface area contributed by atoms with E-state index >= 15 is 0 Å². The van der Waals surface area contributed by atoms with E-state index in [1.54, 1.807) is 24.3 Å². The van der Waals surface area contributed by atoms with Gasteiger partial charge < -0.3 is 14.8 Å². The van der Waals surface area contributed by atoms with Crippen LogP contribution >= 0.6 is 11.6 Å². The molecule has 29 heavy (non-hydrogen) atoms. The summed E-state index contributed by atoms with van der Waals surface area (Å²) in [6, 6.07) is 20.6. The van der Waals surface area contributed by atoms with Crippen molar-refractivity contribution < 1.29 is 14.3 Å².